The third-order valence-electron chi connectivity index (χ3n) is 4.41. The SMILES string of the molecule is CCOC(=O)C(NC(=O)C1CCCN1c1nc2ccccc2o1)C(=O)OCC. The van der Waals surface area contributed by atoms with Crippen LogP contribution in [0.1, 0.15) is 26.7 Å². The number of benzene rings is 1. The van der Waals surface area contributed by atoms with Crippen LogP contribution in [0.5, 0.6) is 0 Å². The van der Waals surface area contributed by atoms with Crippen LogP contribution in [0.3, 0.4) is 0 Å². The smallest absolute Gasteiger partial charge is 0.340 e. The molecule has 1 saturated heterocycles. The molecule has 0 saturated carbocycles. The maximum absolute atomic E-state index is 12.8. The van der Waals surface area contributed by atoms with Gasteiger partial charge in [-0.1, -0.05) is 12.1 Å². The van der Waals surface area contributed by atoms with Crippen molar-refractivity contribution in [1.82, 2.24) is 10.3 Å². The number of aromatic nitrogens is 1. The number of fused-ring (bicyclic) bond motifs is 1. The van der Waals surface area contributed by atoms with Gasteiger partial charge >= 0.3 is 11.9 Å². The molecule has 9 heteroatoms. The molecule has 2 aromatic rings. The molecule has 0 spiro atoms. The molecule has 28 heavy (non-hydrogen) atoms. The fraction of sp³-hybridized carbons (Fsp3) is 0.474. The topological polar surface area (TPSA) is 111 Å². The fourth-order valence-electron chi connectivity index (χ4n) is 3.15. The Morgan fingerprint density at radius 3 is 2.54 bits per heavy atom. The number of para-hydroxylation sites is 2. The van der Waals surface area contributed by atoms with Crippen molar-refractivity contribution >= 4 is 35.0 Å². The highest BCUT2D eigenvalue weighted by Gasteiger charge is 2.38. The van der Waals surface area contributed by atoms with Gasteiger partial charge in [-0.3, -0.25) is 4.79 Å². The lowest BCUT2D eigenvalue weighted by Crippen LogP contribution is -2.53. The van der Waals surface area contributed by atoms with Gasteiger partial charge in [0.1, 0.15) is 11.6 Å². The van der Waals surface area contributed by atoms with Crippen molar-refractivity contribution in [3.05, 3.63) is 24.3 Å². The standard InChI is InChI=1S/C19H23N3O6/c1-3-26-17(24)15(18(25)27-4-2)21-16(23)13-9-7-11-22(13)19-20-12-8-5-6-10-14(12)28-19/h5-6,8,10,13,15H,3-4,7,9,11H2,1-2H3,(H,21,23). The molecule has 0 aliphatic carbocycles. The Morgan fingerprint density at radius 2 is 1.89 bits per heavy atom. The van der Waals surface area contributed by atoms with Gasteiger partial charge in [0.05, 0.1) is 13.2 Å². The minimum Gasteiger partial charge on any atom is -0.464 e. The van der Waals surface area contributed by atoms with E-state index in [-0.39, 0.29) is 13.2 Å². The third kappa shape index (κ3) is 4.08. The number of amides is 1. The number of esters is 2. The second-order valence-electron chi connectivity index (χ2n) is 6.26. The molecule has 9 nitrogen and oxygen atoms in total. The van der Waals surface area contributed by atoms with Crippen molar-refractivity contribution in [1.29, 1.82) is 0 Å². The monoisotopic (exact) mass is 389 g/mol. The molecule has 1 aliphatic heterocycles. The molecule has 1 amide bonds. The van der Waals surface area contributed by atoms with Crippen LogP contribution >= 0.6 is 0 Å². The first-order valence-corrected chi connectivity index (χ1v) is 9.31. The fourth-order valence-corrected chi connectivity index (χ4v) is 3.15. The number of carbonyl (C=O) groups is 3. The van der Waals surface area contributed by atoms with Crippen LogP contribution in [0.15, 0.2) is 28.7 Å². The number of nitrogens with zero attached hydrogens (tertiary/aromatic N) is 2. The molecule has 0 radical (unpaired) electrons. The van der Waals surface area contributed by atoms with Gasteiger partial charge in [-0.05, 0) is 38.8 Å². The van der Waals surface area contributed by atoms with E-state index in [0.29, 0.717) is 30.1 Å². The molecule has 1 aromatic heterocycles. The number of ether oxygens (including phenoxy) is 2. The highest BCUT2D eigenvalue weighted by Crippen LogP contribution is 2.28. The Bertz CT molecular complexity index is 813. The highest BCUT2D eigenvalue weighted by molar-refractivity contribution is 6.03. The van der Waals surface area contributed by atoms with Gasteiger partial charge in [0.25, 0.3) is 6.01 Å². The molecular weight excluding hydrogens is 366 g/mol. The minimum atomic E-state index is -1.50. The summed E-state index contributed by atoms with van der Waals surface area (Å²) >= 11 is 0. The Labute approximate surface area is 162 Å². The number of rotatable bonds is 7. The molecule has 2 heterocycles. The molecule has 3 rings (SSSR count). The van der Waals surface area contributed by atoms with Gasteiger partial charge in [-0.2, -0.15) is 4.98 Å². The molecule has 1 aliphatic rings. The van der Waals surface area contributed by atoms with Crippen molar-refractivity contribution in [3.63, 3.8) is 0 Å². The van der Waals surface area contributed by atoms with Gasteiger partial charge in [0.15, 0.2) is 5.58 Å². The summed E-state index contributed by atoms with van der Waals surface area (Å²) in [7, 11) is 0. The summed E-state index contributed by atoms with van der Waals surface area (Å²) in [5, 5.41) is 2.46. The Balaban J connectivity index is 1.77. The van der Waals surface area contributed by atoms with Crippen LogP contribution in [-0.2, 0) is 23.9 Å². The van der Waals surface area contributed by atoms with E-state index in [4.69, 9.17) is 13.9 Å². The lowest BCUT2D eigenvalue weighted by Gasteiger charge is -2.24. The van der Waals surface area contributed by atoms with E-state index in [9.17, 15) is 14.4 Å². The molecule has 1 N–H and O–H groups in total. The highest BCUT2D eigenvalue weighted by atomic mass is 16.6. The number of nitrogens with one attached hydrogen (secondary N) is 1. The van der Waals surface area contributed by atoms with Crippen LogP contribution in [-0.4, -0.2) is 54.7 Å². The molecule has 1 unspecified atom stereocenters. The maximum Gasteiger partial charge on any atom is 0.340 e. The third-order valence-corrected chi connectivity index (χ3v) is 4.41. The van der Waals surface area contributed by atoms with Crippen LogP contribution < -0.4 is 10.2 Å². The van der Waals surface area contributed by atoms with Gasteiger partial charge in [0.2, 0.25) is 11.9 Å². The zero-order chi connectivity index (χ0) is 20.1. The Morgan fingerprint density at radius 1 is 1.21 bits per heavy atom. The summed E-state index contributed by atoms with van der Waals surface area (Å²) in [4.78, 5) is 43.2. The van der Waals surface area contributed by atoms with Crippen molar-refractivity contribution in [3.8, 4) is 0 Å². The molecule has 150 valence electrons. The van der Waals surface area contributed by atoms with E-state index in [1.807, 2.05) is 18.2 Å². The Hall–Kier alpha value is -3.10. The predicted molar refractivity (Wildman–Crippen MR) is 99.6 cm³/mol. The van der Waals surface area contributed by atoms with Crippen molar-refractivity contribution in [2.75, 3.05) is 24.7 Å². The molecular formula is C19H23N3O6. The molecule has 1 fully saturated rings. The number of oxazole rings is 1. The average molecular weight is 389 g/mol. The summed E-state index contributed by atoms with van der Waals surface area (Å²) < 4.78 is 15.5. The summed E-state index contributed by atoms with van der Waals surface area (Å²) in [6.45, 7) is 3.99. The molecule has 1 aromatic carbocycles. The normalized spacial score (nSPS) is 16.4. The number of hydrogen-bond donors (Lipinski definition) is 1. The van der Waals surface area contributed by atoms with Gasteiger partial charge in [-0.25, -0.2) is 9.59 Å². The number of carbonyl (C=O) groups excluding carboxylic acids is 3. The second-order valence-corrected chi connectivity index (χ2v) is 6.26. The van der Waals surface area contributed by atoms with Gasteiger partial charge in [-0.15, -0.1) is 0 Å². The lowest BCUT2D eigenvalue weighted by atomic mass is 10.2. The van der Waals surface area contributed by atoms with E-state index in [1.54, 1.807) is 24.8 Å². The van der Waals surface area contributed by atoms with E-state index < -0.39 is 29.9 Å². The largest absolute Gasteiger partial charge is 0.464 e. The first-order chi connectivity index (χ1) is 13.5. The molecule has 0 bridgehead atoms. The summed E-state index contributed by atoms with van der Waals surface area (Å²) in [6.07, 6.45) is 1.29. The van der Waals surface area contributed by atoms with Crippen LogP contribution in [0.4, 0.5) is 6.01 Å². The van der Waals surface area contributed by atoms with E-state index in [0.717, 1.165) is 6.42 Å². The predicted octanol–water partition coefficient (Wildman–Crippen LogP) is 1.41. The Kier molecular flexibility index (Phi) is 6.13. The van der Waals surface area contributed by atoms with Gasteiger partial charge in [0, 0.05) is 6.54 Å². The number of anilines is 1. The summed E-state index contributed by atoms with van der Waals surface area (Å²) in [5.41, 5.74) is 1.32. The van der Waals surface area contributed by atoms with Crippen LogP contribution in [0, 0.1) is 0 Å². The minimum absolute atomic E-state index is 0.0864. The molecule has 1 atom stereocenters. The van der Waals surface area contributed by atoms with Crippen LogP contribution in [0.25, 0.3) is 11.1 Å². The lowest BCUT2D eigenvalue weighted by molar-refractivity contribution is -0.159. The first-order valence-electron chi connectivity index (χ1n) is 9.31. The summed E-state index contributed by atoms with van der Waals surface area (Å²) in [6, 6.07) is 5.54. The van der Waals surface area contributed by atoms with Crippen molar-refractivity contribution < 1.29 is 28.3 Å². The van der Waals surface area contributed by atoms with Crippen molar-refractivity contribution in [2.24, 2.45) is 0 Å². The maximum atomic E-state index is 12.8. The zero-order valence-corrected chi connectivity index (χ0v) is 15.8. The number of hydrogen-bond acceptors (Lipinski definition) is 8. The van der Waals surface area contributed by atoms with Gasteiger partial charge < -0.3 is 24.1 Å². The van der Waals surface area contributed by atoms with E-state index in [2.05, 4.69) is 10.3 Å². The summed E-state index contributed by atoms with van der Waals surface area (Å²) in [5.74, 6) is -2.17. The second kappa shape index (κ2) is 8.73. The van der Waals surface area contributed by atoms with E-state index in [1.165, 1.54) is 0 Å². The zero-order valence-electron chi connectivity index (χ0n) is 15.8. The first kappa shape index (κ1) is 19.7. The van der Waals surface area contributed by atoms with E-state index >= 15 is 0 Å². The van der Waals surface area contributed by atoms with Crippen molar-refractivity contribution in [2.45, 2.75) is 38.8 Å². The van der Waals surface area contributed by atoms with Crippen LogP contribution in [0.2, 0.25) is 0 Å². The average Bonchev–Trinajstić information content (AvgIpc) is 3.32. The quantitative estimate of drug-likeness (QED) is 0.559.